The topological polar surface area (TPSA) is 141 Å². The fraction of sp³-hybridized carbons (Fsp3) is 0.438. The largest absolute Gasteiger partial charge is 0.493 e. The summed E-state index contributed by atoms with van der Waals surface area (Å²) in [5.41, 5.74) is 9.73. The van der Waals surface area contributed by atoms with Crippen LogP contribution in [0.15, 0.2) is 12.1 Å². The number of primary amides is 1. The van der Waals surface area contributed by atoms with E-state index in [0.29, 0.717) is 17.2 Å². The number of nitrogens with one attached hydrogen (secondary N) is 3. The van der Waals surface area contributed by atoms with Gasteiger partial charge in [-0.2, -0.15) is 0 Å². The first-order valence-corrected chi connectivity index (χ1v) is 7.71. The highest BCUT2D eigenvalue weighted by Crippen LogP contribution is 2.38. The SMILES string of the molecule is COc1cc(C(=O)NNC(=O)[C@@H](NC(N)=O)C(C)C)cc(OC)c1OC. The van der Waals surface area contributed by atoms with Crippen LogP contribution in [0.25, 0.3) is 0 Å². The summed E-state index contributed by atoms with van der Waals surface area (Å²) in [4.78, 5) is 35.4. The number of hydrogen-bond donors (Lipinski definition) is 4. The van der Waals surface area contributed by atoms with Crippen LogP contribution in [0.2, 0.25) is 0 Å². The van der Waals surface area contributed by atoms with Gasteiger partial charge in [-0.3, -0.25) is 20.4 Å². The van der Waals surface area contributed by atoms with E-state index < -0.39 is 23.9 Å². The predicted octanol–water partition coefficient (Wildman–Crippen LogP) is 0.166. The Morgan fingerprint density at radius 1 is 0.962 bits per heavy atom. The third-order valence-corrected chi connectivity index (χ3v) is 3.47. The molecule has 0 aliphatic rings. The Morgan fingerprint density at radius 2 is 1.50 bits per heavy atom. The Labute approximate surface area is 151 Å². The number of benzene rings is 1. The zero-order chi connectivity index (χ0) is 19.9. The molecule has 1 aromatic rings. The van der Waals surface area contributed by atoms with Crippen LogP contribution in [0.3, 0.4) is 0 Å². The van der Waals surface area contributed by atoms with E-state index in [1.54, 1.807) is 13.8 Å². The number of carbonyl (C=O) groups is 3. The molecule has 5 N–H and O–H groups in total. The lowest BCUT2D eigenvalue weighted by atomic mass is 10.0. The lowest BCUT2D eigenvalue weighted by molar-refractivity contribution is -0.124. The number of carbonyl (C=O) groups excluding carboxylic acids is 3. The van der Waals surface area contributed by atoms with Gasteiger partial charge in [-0.25, -0.2) is 4.79 Å². The monoisotopic (exact) mass is 368 g/mol. The summed E-state index contributed by atoms with van der Waals surface area (Å²) in [6.07, 6.45) is 0. The van der Waals surface area contributed by atoms with Gasteiger partial charge in [-0.05, 0) is 18.1 Å². The van der Waals surface area contributed by atoms with Gasteiger partial charge in [-0.1, -0.05) is 13.8 Å². The van der Waals surface area contributed by atoms with Crippen molar-refractivity contribution in [2.75, 3.05) is 21.3 Å². The molecule has 1 atom stereocenters. The molecule has 0 radical (unpaired) electrons. The van der Waals surface area contributed by atoms with Crippen molar-refractivity contribution in [1.82, 2.24) is 16.2 Å². The number of methoxy groups -OCH3 is 3. The van der Waals surface area contributed by atoms with Gasteiger partial charge in [0, 0.05) is 5.56 Å². The summed E-state index contributed by atoms with van der Waals surface area (Å²) in [7, 11) is 4.28. The second-order valence-electron chi connectivity index (χ2n) is 5.59. The van der Waals surface area contributed by atoms with Crippen LogP contribution in [0.5, 0.6) is 17.2 Å². The van der Waals surface area contributed by atoms with Crippen LogP contribution in [0.1, 0.15) is 24.2 Å². The molecule has 10 nitrogen and oxygen atoms in total. The second-order valence-corrected chi connectivity index (χ2v) is 5.59. The summed E-state index contributed by atoms with van der Waals surface area (Å²) in [5, 5.41) is 2.31. The Hall–Kier alpha value is -3.17. The molecule has 1 rings (SSSR count). The normalized spacial score (nSPS) is 11.3. The van der Waals surface area contributed by atoms with Crippen LogP contribution < -0.4 is 36.1 Å². The third kappa shape index (κ3) is 5.16. The van der Waals surface area contributed by atoms with Crippen molar-refractivity contribution in [2.24, 2.45) is 11.7 Å². The van der Waals surface area contributed by atoms with Crippen molar-refractivity contribution in [3.05, 3.63) is 17.7 Å². The molecule has 0 aliphatic carbocycles. The molecule has 144 valence electrons. The molecular formula is C16H24N4O6. The highest BCUT2D eigenvalue weighted by molar-refractivity contribution is 5.97. The van der Waals surface area contributed by atoms with Crippen molar-refractivity contribution in [3.63, 3.8) is 0 Å². The average molecular weight is 368 g/mol. The number of ether oxygens (including phenoxy) is 3. The van der Waals surface area contributed by atoms with Crippen molar-refractivity contribution < 1.29 is 28.6 Å². The molecule has 0 fully saturated rings. The van der Waals surface area contributed by atoms with E-state index in [0.717, 1.165) is 0 Å². The fourth-order valence-corrected chi connectivity index (χ4v) is 2.17. The van der Waals surface area contributed by atoms with Gasteiger partial charge in [0.05, 0.1) is 21.3 Å². The Balaban J connectivity index is 2.91. The highest BCUT2D eigenvalue weighted by Gasteiger charge is 2.24. The molecule has 0 aromatic heterocycles. The number of urea groups is 1. The lowest BCUT2D eigenvalue weighted by Gasteiger charge is -2.20. The first-order chi connectivity index (χ1) is 12.2. The van der Waals surface area contributed by atoms with Crippen LogP contribution >= 0.6 is 0 Å². The van der Waals surface area contributed by atoms with Crippen molar-refractivity contribution in [2.45, 2.75) is 19.9 Å². The van der Waals surface area contributed by atoms with Gasteiger partial charge in [0.2, 0.25) is 5.75 Å². The maximum Gasteiger partial charge on any atom is 0.312 e. The number of nitrogens with two attached hydrogens (primary N) is 1. The molecule has 0 bridgehead atoms. The third-order valence-electron chi connectivity index (χ3n) is 3.47. The molecule has 10 heteroatoms. The van der Waals surface area contributed by atoms with Gasteiger partial charge in [-0.15, -0.1) is 0 Å². The molecule has 1 aromatic carbocycles. The van der Waals surface area contributed by atoms with Crippen molar-refractivity contribution in [1.29, 1.82) is 0 Å². The molecular weight excluding hydrogens is 344 g/mol. The summed E-state index contributed by atoms with van der Waals surface area (Å²) in [5.74, 6) is -0.543. The second kappa shape index (κ2) is 9.35. The van der Waals surface area contributed by atoms with E-state index in [1.807, 2.05) is 0 Å². The Kier molecular flexibility index (Phi) is 7.51. The zero-order valence-electron chi connectivity index (χ0n) is 15.3. The number of hydrogen-bond acceptors (Lipinski definition) is 6. The average Bonchev–Trinajstić information content (AvgIpc) is 2.61. The lowest BCUT2D eigenvalue weighted by Crippen LogP contribution is -2.55. The standard InChI is InChI=1S/C16H24N4O6/c1-8(2)12(18-16(17)23)15(22)20-19-14(21)9-6-10(24-3)13(26-5)11(7-9)25-4/h6-8,12H,1-5H3,(H,19,21)(H,20,22)(H3,17,18,23)/t12-/m0/s1. The minimum atomic E-state index is -0.896. The fourth-order valence-electron chi connectivity index (χ4n) is 2.17. The van der Waals surface area contributed by atoms with E-state index in [1.165, 1.54) is 33.5 Å². The van der Waals surface area contributed by atoms with E-state index in [-0.39, 0.29) is 11.5 Å². The van der Waals surface area contributed by atoms with E-state index in [4.69, 9.17) is 19.9 Å². The smallest absolute Gasteiger partial charge is 0.312 e. The molecule has 0 heterocycles. The highest BCUT2D eigenvalue weighted by atomic mass is 16.5. The van der Waals surface area contributed by atoms with Gasteiger partial charge < -0.3 is 25.3 Å². The number of rotatable bonds is 7. The molecule has 0 aliphatic heterocycles. The van der Waals surface area contributed by atoms with Crippen LogP contribution in [0, 0.1) is 5.92 Å². The van der Waals surface area contributed by atoms with Gasteiger partial charge in [0.15, 0.2) is 11.5 Å². The number of hydrazine groups is 1. The molecule has 4 amide bonds. The first-order valence-electron chi connectivity index (χ1n) is 7.71. The van der Waals surface area contributed by atoms with Crippen LogP contribution in [-0.2, 0) is 4.79 Å². The van der Waals surface area contributed by atoms with Gasteiger partial charge >= 0.3 is 6.03 Å². The first kappa shape index (κ1) is 20.9. The van der Waals surface area contributed by atoms with Crippen molar-refractivity contribution in [3.8, 4) is 17.2 Å². The molecule has 0 spiro atoms. The van der Waals surface area contributed by atoms with Crippen molar-refractivity contribution >= 4 is 17.8 Å². The maximum atomic E-state index is 12.3. The van der Waals surface area contributed by atoms with Gasteiger partial charge in [0.25, 0.3) is 11.8 Å². The maximum absolute atomic E-state index is 12.3. The number of amides is 4. The predicted molar refractivity (Wildman–Crippen MR) is 93.1 cm³/mol. The summed E-state index contributed by atoms with van der Waals surface area (Å²) in [6, 6.07) is 1.14. The van der Waals surface area contributed by atoms with Crippen LogP contribution in [0.4, 0.5) is 4.79 Å². The zero-order valence-corrected chi connectivity index (χ0v) is 15.3. The minimum Gasteiger partial charge on any atom is -0.493 e. The minimum absolute atomic E-state index is 0.170. The van der Waals surface area contributed by atoms with E-state index in [9.17, 15) is 14.4 Å². The molecule has 0 saturated carbocycles. The van der Waals surface area contributed by atoms with E-state index >= 15 is 0 Å². The van der Waals surface area contributed by atoms with E-state index in [2.05, 4.69) is 16.2 Å². The molecule has 0 saturated heterocycles. The molecule has 0 unspecified atom stereocenters. The van der Waals surface area contributed by atoms with Gasteiger partial charge in [0.1, 0.15) is 6.04 Å². The Bertz CT molecular complexity index is 652. The summed E-state index contributed by atoms with van der Waals surface area (Å²) < 4.78 is 15.5. The quantitative estimate of drug-likeness (QED) is 0.506. The summed E-state index contributed by atoms with van der Waals surface area (Å²) >= 11 is 0. The molecule has 26 heavy (non-hydrogen) atoms. The Morgan fingerprint density at radius 3 is 1.88 bits per heavy atom. The summed E-state index contributed by atoms with van der Waals surface area (Å²) in [6.45, 7) is 3.45. The van der Waals surface area contributed by atoms with Crippen LogP contribution in [-0.4, -0.2) is 45.2 Å².